The Morgan fingerprint density at radius 3 is 2.15 bits per heavy atom. The van der Waals surface area contributed by atoms with Crippen LogP contribution in [-0.2, 0) is 21.2 Å². The monoisotopic (exact) mass is 477 g/mol. The van der Waals surface area contributed by atoms with Crippen molar-refractivity contribution in [1.82, 2.24) is 0 Å². The van der Waals surface area contributed by atoms with Crippen LogP contribution in [0.1, 0.15) is 43.4 Å². The summed E-state index contributed by atoms with van der Waals surface area (Å²) in [6, 6.07) is 20.9. The summed E-state index contributed by atoms with van der Waals surface area (Å²) in [5, 5.41) is 0. The van der Waals surface area contributed by atoms with Crippen molar-refractivity contribution >= 4 is 27.7 Å². The summed E-state index contributed by atoms with van der Waals surface area (Å²) in [6.45, 7) is 6.48. The molecule has 3 aromatic carbocycles. The molecular formula is C28H31NO4S. The van der Waals surface area contributed by atoms with Crippen LogP contribution < -0.4 is 9.04 Å². The first-order valence-corrected chi connectivity index (χ1v) is 12.9. The van der Waals surface area contributed by atoms with E-state index in [1.54, 1.807) is 30.3 Å². The standard InChI is InChI=1S/C28H31NO4S/c1-4-6-7-23-10-15-25(16-11-23)29(34(31,32)27-19-8-22(3)9-20-27)28(30)21-14-24-12-17-26(18-13-24)33-5-2/h8-21H,4-7H2,1-3H3/b21-14+. The molecule has 34 heavy (non-hydrogen) atoms. The lowest BCUT2D eigenvalue weighted by molar-refractivity contribution is -0.113. The number of hydrogen-bond acceptors (Lipinski definition) is 4. The summed E-state index contributed by atoms with van der Waals surface area (Å²) in [6.07, 6.45) is 5.92. The van der Waals surface area contributed by atoms with Crippen molar-refractivity contribution in [2.45, 2.75) is 44.9 Å². The zero-order valence-electron chi connectivity index (χ0n) is 19.9. The number of carbonyl (C=O) groups excluding carboxylic acids is 1. The van der Waals surface area contributed by atoms with Gasteiger partial charge < -0.3 is 4.74 Å². The van der Waals surface area contributed by atoms with Crippen LogP contribution in [-0.4, -0.2) is 20.9 Å². The molecule has 0 spiro atoms. The Morgan fingerprint density at radius 2 is 1.56 bits per heavy atom. The van der Waals surface area contributed by atoms with Gasteiger partial charge in [0.25, 0.3) is 15.9 Å². The molecule has 0 atom stereocenters. The lowest BCUT2D eigenvalue weighted by Crippen LogP contribution is -2.35. The highest BCUT2D eigenvalue weighted by molar-refractivity contribution is 7.93. The van der Waals surface area contributed by atoms with Crippen LogP contribution in [0, 0.1) is 6.92 Å². The number of aryl methyl sites for hydroxylation is 2. The van der Waals surface area contributed by atoms with Crippen molar-refractivity contribution in [2.24, 2.45) is 0 Å². The summed E-state index contributed by atoms with van der Waals surface area (Å²) in [7, 11) is -4.11. The van der Waals surface area contributed by atoms with E-state index in [1.165, 1.54) is 18.2 Å². The van der Waals surface area contributed by atoms with Gasteiger partial charge in [0.2, 0.25) is 0 Å². The maximum Gasteiger partial charge on any atom is 0.271 e. The van der Waals surface area contributed by atoms with Crippen molar-refractivity contribution in [3.8, 4) is 5.75 Å². The van der Waals surface area contributed by atoms with Crippen LogP contribution in [0.15, 0.2) is 83.8 Å². The molecule has 3 rings (SSSR count). The highest BCUT2D eigenvalue weighted by atomic mass is 32.2. The van der Waals surface area contributed by atoms with Crippen molar-refractivity contribution in [1.29, 1.82) is 0 Å². The van der Waals surface area contributed by atoms with Gasteiger partial charge in [-0.15, -0.1) is 0 Å². The summed E-state index contributed by atoms with van der Waals surface area (Å²) < 4.78 is 33.4. The molecule has 0 aromatic heterocycles. The molecule has 0 saturated carbocycles. The van der Waals surface area contributed by atoms with E-state index >= 15 is 0 Å². The first-order chi connectivity index (χ1) is 16.3. The molecule has 0 bridgehead atoms. The molecular weight excluding hydrogens is 446 g/mol. The van der Waals surface area contributed by atoms with Gasteiger partial charge >= 0.3 is 0 Å². The predicted octanol–water partition coefficient (Wildman–Crippen LogP) is 6.17. The first-order valence-electron chi connectivity index (χ1n) is 11.5. The van der Waals surface area contributed by atoms with Crippen LogP contribution >= 0.6 is 0 Å². The number of anilines is 1. The first kappa shape index (κ1) is 25.2. The number of nitrogens with zero attached hydrogens (tertiary/aromatic N) is 1. The Bertz CT molecular complexity index is 1210. The van der Waals surface area contributed by atoms with Crippen molar-refractivity contribution in [3.63, 3.8) is 0 Å². The number of unbranched alkanes of at least 4 members (excludes halogenated alkanes) is 1. The highest BCUT2D eigenvalue weighted by Crippen LogP contribution is 2.26. The van der Waals surface area contributed by atoms with E-state index in [0.717, 1.165) is 46.0 Å². The van der Waals surface area contributed by atoms with E-state index < -0.39 is 15.9 Å². The minimum atomic E-state index is -4.11. The van der Waals surface area contributed by atoms with Gasteiger partial charge in [-0.05, 0) is 80.3 Å². The van der Waals surface area contributed by atoms with Gasteiger partial charge in [0.15, 0.2) is 0 Å². The number of sulfonamides is 1. The average Bonchev–Trinajstić information content (AvgIpc) is 2.83. The molecule has 0 aliphatic heterocycles. The molecule has 0 radical (unpaired) electrons. The topological polar surface area (TPSA) is 63.7 Å². The van der Waals surface area contributed by atoms with Crippen LogP contribution in [0.4, 0.5) is 5.69 Å². The van der Waals surface area contributed by atoms with Gasteiger partial charge in [-0.3, -0.25) is 4.79 Å². The maximum atomic E-state index is 13.5. The van der Waals surface area contributed by atoms with Crippen molar-refractivity contribution < 1.29 is 17.9 Å². The molecule has 5 nitrogen and oxygen atoms in total. The molecule has 0 unspecified atom stereocenters. The van der Waals surface area contributed by atoms with Crippen LogP contribution in [0.3, 0.4) is 0 Å². The van der Waals surface area contributed by atoms with Crippen LogP contribution in [0.25, 0.3) is 6.08 Å². The predicted molar refractivity (Wildman–Crippen MR) is 138 cm³/mol. The summed E-state index contributed by atoms with van der Waals surface area (Å²) in [5.74, 6) is 0.0912. The second kappa shape index (κ2) is 11.7. The highest BCUT2D eigenvalue weighted by Gasteiger charge is 2.29. The van der Waals surface area contributed by atoms with E-state index in [1.807, 2.05) is 50.2 Å². The molecule has 1 amide bonds. The Labute approximate surface area is 202 Å². The fourth-order valence-electron chi connectivity index (χ4n) is 3.46. The quantitative estimate of drug-likeness (QED) is 0.328. The lowest BCUT2D eigenvalue weighted by atomic mass is 10.1. The number of ether oxygens (including phenoxy) is 1. The molecule has 0 aliphatic carbocycles. The third kappa shape index (κ3) is 6.35. The van der Waals surface area contributed by atoms with E-state index in [-0.39, 0.29) is 4.90 Å². The molecule has 0 heterocycles. The van der Waals surface area contributed by atoms with Gasteiger partial charge in [0.1, 0.15) is 5.75 Å². The fraction of sp³-hybridized carbons (Fsp3) is 0.250. The lowest BCUT2D eigenvalue weighted by Gasteiger charge is -2.22. The molecule has 6 heteroatoms. The van der Waals surface area contributed by atoms with E-state index in [9.17, 15) is 13.2 Å². The molecule has 0 fully saturated rings. The van der Waals surface area contributed by atoms with Crippen molar-refractivity contribution in [3.05, 3.63) is 95.6 Å². The van der Waals surface area contributed by atoms with E-state index in [4.69, 9.17) is 4.74 Å². The molecule has 0 saturated heterocycles. The van der Waals surface area contributed by atoms with E-state index in [0.29, 0.717) is 12.3 Å². The average molecular weight is 478 g/mol. The fourth-order valence-corrected chi connectivity index (χ4v) is 4.84. The summed E-state index contributed by atoms with van der Waals surface area (Å²) in [4.78, 5) is 13.3. The zero-order chi connectivity index (χ0) is 24.6. The van der Waals surface area contributed by atoms with Crippen molar-refractivity contribution in [2.75, 3.05) is 10.9 Å². The van der Waals surface area contributed by atoms with Gasteiger partial charge in [-0.1, -0.05) is 55.3 Å². The van der Waals surface area contributed by atoms with Gasteiger partial charge in [0, 0.05) is 6.08 Å². The number of benzene rings is 3. The minimum absolute atomic E-state index is 0.0657. The maximum absolute atomic E-state index is 13.5. The second-order valence-corrected chi connectivity index (χ2v) is 9.81. The Morgan fingerprint density at radius 1 is 0.912 bits per heavy atom. The summed E-state index contributed by atoms with van der Waals surface area (Å²) in [5.41, 5.74) is 3.12. The number of amides is 1. The third-order valence-electron chi connectivity index (χ3n) is 5.36. The SMILES string of the molecule is CCCCc1ccc(N(C(=O)/C=C/c2ccc(OCC)cc2)S(=O)(=O)c2ccc(C)cc2)cc1. The number of rotatable bonds is 10. The van der Waals surface area contributed by atoms with E-state index in [2.05, 4.69) is 6.92 Å². The molecule has 0 N–H and O–H groups in total. The Balaban J connectivity index is 1.95. The van der Waals surface area contributed by atoms with Crippen LogP contribution in [0.2, 0.25) is 0 Å². The normalized spacial score (nSPS) is 11.5. The summed E-state index contributed by atoms with van der Waals surface area (Å²) >= 11 is 0. The molecule has 3 aromatic rings. The molecule has 0 aliphatic rings. The second-order valence-electron chi connectivity index (χ2n) is 8.03. The number of hydrogen-bond donors (Lipinski definition) is 0. The van der Waals surface area contributed by atoms with Gasteiger partial charge in [-0.25, -0.2) is 8.42 Å². The largest absolute Gasteiger partial charge is 0.494 e. The van der Waals surface area contributed by atoms with Gasteiger partial charge in [0.05, 0.1) is 17.2 Å². The zero-order valence-corrected chi connectivity index (χ0v) is 20.7. The Hall–Kier alpha value is -3.38. The smallest absolute Gasteiger partial charge is 0.271 e. The Kier molecular flexibility index (Phi) is 8.66. The third-order valence-corrected chi connectivity index (χ3v) is 7.10. The van der Waals surface area contributed by atoms with Gasteiger partial charge in [-0.2, -0.15) is 4.31 Å². The minimum Gasteiger partial charge on any atom is -0.494 e. The molecule has 178 valence electrons. The van der Waals surface area contributed by atoms with Crippen LogP contribution in [0.5, 0.6) is 5.75 Å². The number of carbonyl (C=O) groups is 1.